The fourth-order valence-corrected chi connectivity index (χ4v) is 3.49. The van der Waals surface area contributed by atoms with Gasteiger partial charge in [0, 0.05) is 0 Å². The summed E-state index contributed by atoms with van der Waals surface area (Å²) in [5.74, 6) is 0.464. The Morgan fingerprint density at radius 1 is 0.725 bits per heavy atom. The molecule has 0 aliphatic rings. The van der Waals surface area contributed by atoms with Gasteiger partial charge in [0.05, 0.1) is 6.61 Å². The Bertz CT molecular complexity index is 1360. The average molecular weight is 535 g/mol. The topological polar surface area (TPSA) is 65.0 Å². The van der Waals surface area contributed by atoms with Crippen LogP contribution in [-0.4, -0.2) is 17.4 Å². The van der Waals surface area contributed by atoms with Gasteiger partial charge in [-0.2, -0.15) is 0 Å². The Morgan fingerprint density at radius 2 is 1.20 bits per heavy atom. The number of rotatable bonds is 11. The first-order valence-corrected chi connectivity index (χ1v) is 12.8. The summed E-state index contributed by atoms with van der Waals surface area (Å²) in [4.78, 5) is 11.9. The van der Waals surface area contributed by atoms with E-state index in [-0.39, 0.29) is 6.29 Å². The van der Waals surface area contributed by atoms with Gasteiger partial charge in [0.2, 0.25) is 0 Å². The molecule has 0 aliphatic heterocycles. The number of aliphatic hydroxyl groups is 1. The zero-order valence-corrected chi connectivity index (χ0v) is 22.6. The second-order valence-electron chi connectivity index (χ2n) is 8.72. The number of carbonyl (C=O) groups excluding carboxylic acids is 1. The predicted octanol–water partition coefficient (Wildman–Crippen LogP) is 7.88. The molecule has 0 radical (unpaired) electrons. The lowest BCUT2D eigenvalue weighted by atomic mass is 10.1. The number of aliphatic hydroxyl groups excluding tert-OH is 1. The monoisotopic (exact) mass is 534 g/mol. The minimum absolute atomic E-state index is 0.283. The lowest BCUT2D eigenvalue weighted by molar-refractivity contribution is -0.144. The second-order valence-corrected chi connectivity index (χ2v) is 8.72. The lowest BCUT2D eigenvalue weighted by Crippen LogP contribution is -2.18. The van der Waals surface area contributed by atoms with E-state index in [1.54, 1.807) is 66.8 Å². The summed E-state index contributed by atoms with van der Waals surface area (Å²) >= 11 is 0. The van der Waals surface area contributed by atoms with Gasteiger partial charge in [-0.1, -0.05) is 117 Å². The fraction of sp³-hybridized carbons (Fsp3) is 0.114. The van der Waals surface area contributed by atoms with E-state index in [0.717, 1.165) is 28.0 Å². The van der Waals surface area contributed by atoms with Gasteiger partial charge in [-0.15, -0.1) is 0 Å². The molecule has 0 saturated heterocycles. The van der Waals surface area contributed by atoms with E-state index in [2.05, 4.69) is 19.7 Å². The van der Waals surface area contributed by atoms with Crippen LogP contribution in [0, 0.1) is 0 Å². The Labute approximate surface area is 236 Å². The molecule has 0 bridgehead atoms. The SMILES string of the molecule is C=Cc1ccc(OC(=O)C(O)c2ccc(C=C)cc2)cc1.C=Cc1ccc(OC(C)OCc2ccccc2)cc1. The number of carbonyl (C=O) groups is 1. The third-order valence-electron chi connectivity index (χ3n) is 5.79. The first-order valence-electron chi connectivity index (χ1n) is 12.8. The van der Waals surface area contributed by atoms with Crippen LogP contribution in [0.2, 0.25) is 0 Å². The van der Waals surface area contributed by atoms with E-state index < -0.39 is 12.1 Å². The first kappa shape index (κ1) is 29.8. The molecule has 2 atom stereocenters. The highest BCUT2D eigenvalue weighted by Gasteiger charge is 2.19. The molecular weight excluding hydrogens is 500 g/mol. The fourth-order valence-electron chi connectivity index (χ4n) is 3.49. The van der Waals surface area contributed by atoms with Crippen molar-refractivity contribution >= 4 is 24.2 Å². The van der Waals surface area contributed by atoms with Crippen molar-refractivity contribution in [2.24, 2.45) is 0 Å². The average Bonchev–Trinajstić information content (AvgIpc) is 3.01. The van der Waals surface area contributed by atoms with Gasteiger partial charge in [0.15, 0.2) is 12.4 Å². The Balaban J connectivity index is 0.000000222. The Morgan fingerprint density at radius 3 is 1.70 bits per heavy atom. The molecule has 1 N–H and O–H groups in total. The van der Waals surface area contributed by atoms with Crippen molar-refractivity contribution in [3.8, 4) is 11.5 Å². The summed E-state index contributed by atoms with van der Waals surface area (Å²) < 4.78 is 16.5. The molecule has 4 aromatic carbocycles. The highest BCUT2D eigenvalue weighted by Crippen LogP contribution is 2.20. The molecule has 0 saturated carbocycles. The standard InChI is InChI=1S/C18H16O3.C17H18O2/c1-3-13-5-9-15(10-6-13)17(19)18(20)21-16-11-7-14(4-2)8-12-16;1-3-15-9-11-17(12-10-15)19-14(2)18-13-16-7-5-4-6-8-16/h3-12,17,19H,1-2H2;3-12,14H,1,13H2,2H3. The van der Waals surface area contributed by atoms with Crippen LogP contribution in [0.4, 0.5) is 0 Å². The lowest BCUT2D eigenvalue weighted by Gasteiger charge is -2.15. The summed E-state index contributed by atoms with van der Waals surface area (Å²) in [7, 11) is 0. The van der Waals surface area contributed by atoms with Crippen LogP contribution >= 0.6 is 0 Å². The van der Waals surface area contributed by atoms with Gasteiger partial charge in [0.1, 0.15) is 11.5 Å². The van der Waals surface area contributed by atoms with Crippen LogP contribution in [0.3, 0.4) is 0 Å². The highest BCUT2D eigenvalue weighted by atomic mass is 16.7. The van der Waals surface area contributed by atoms with Gasteiger partial charge in [0.25, 0.3) is 0 Å². The number of benzene rings is 4. The molecule has 0 spiro atoms. The van der Waals surface area contributed by atoms with Crippen molar-refractivity contribution < 1.29 is 24.1 Å². The minimum atomic E-state index is -1.32. The highest BCUT2D eigenvalue weighted by molar-refractivity contribution is 5.78. The summed E-state index contributed by atoms with van der Waals surface area (Å²) in [5.41, 5.74) is 4.54. The predicted molar refractivity (Wildman–Crippen MR) is 162 cm³/mol. The normalized spacial score (nSPS) is 11.7. The van der Waals surface area contributed by atoms with Crippen molar-refractivity contribution in [2.75, 3.05) is 0 Å². The van der Waals surface area contributed by atoms with E-state index in [9.17, 15) is 9.90 Å². The molecule has 204 valence electrons. The largest absolute Gasteiger partial charge is 0.465 e. The molecule has 5 nitrogen and oxygen atoms in total. The third kappa shape index (κ3) is 9.55. The van der Waals surface area contributed by atoms with Crippen LogP contribution in [0.1, 0.15) is 40.8 Å². The maximum atomic E-state index is 11.9. The maximum absolute atomic E-state index is 11.9. The number of hydrogen-bond donors (Lipinski definition) is 1. The number of esters is 1. The molecular formula is C35H34O5. The van der Waals surface area contributed by atoms with Crippen molar-refractivity contribution in [3.63, 3.8) is 0 Å². The molecule has 0 heterocycles. The van der Waals surface area contributed by atoms with E-state index in [1.165, 1.54) is 0 Å². The van der Waals surface area contributed by atoms with Gasteiger partial charge < -0.3 is 19.3 Å². The van der Waals surface area contributed by atoms with Crippen LogP contribution in [0.25, 0.3) is 18.2 Å². The number of ether oxygens (including phenoxy) is 3. The van der Waals surface area contributed by atoms with E-state index in [4.69, 9.17) is 14.2 Å². The molecule has 0 aromatic heterocycles. The van der Waals surface area contributed by atoms with Crippen LogP contribution in [0.15, 0.2) is 123 Å². The van der Waals surface area contributed by atoms with Gasteiger partial charge in [-0.3, -0.25) is 0 Å². The minimum Gasteiger partial charge on any atom is -0.465 e. The number of hydrogen-bond acceptors (Lipinski definition) is 5. The summed E-state index contributed by atoms with van der Waals surface area (Å²) in [6, 6.07) is 31.6. The van der Waals surface area contributed by atoms with Crippen molar-refractivity contribution in [3.05, 3.63) is 151 Å². The van der Waals surface area contributed by atoms with Crippen molar-refractivity contribution in [2.45, 2.75) is 25.9 Å². The quantitative estimate of drug-likeness (QED) is 0.120. The molecule has 0 amide bonds. The molecule has 40 heavy (non-hydrogen) atoms. The van der Waals surface area contributed by atoms with Gasteiger partial charge in [-0.05, 0) is 59.0 Å². The molecule has 4 aromatic rings. The molecule has 0 fully saturated rings. The summed E-state index contributed by atoms with van der Waals surface area (Å²) in [6.45, 7) is 13.5. The smallest absolute Gasteiger partial charge is 0.345 e. The third-order valence-corrected chi connectivity index (χ3v) is 5.79. The van der Waals surface area contributed by atoms with Crippen LogP contribution in [-0.2, 0) is 16.1 Å². The first-order chi connectivity index (χ1) is 19.4. The zero-order chi connectivity index (χ0) is 28.7. The summed E-state index contributed by atoms with van der Waals surface area (Å²) in [6.07, 6.45) is 3.59. The van der Waals surface area contributed by atoms with E-state index in [1.807, 2.05) is 61.5 Å². The molecule has 5 heteroatoms. The molecule has 4 rings (SSSR count). The Hall–Kier alpha value is -4.71. The molecule has 0 aliphatic carbocycles. The molecule has 2 unspecified atom stereocenters. The second kappa shape index (κ2) is 15.6. The zero-order valence-electron chi connectivity index (χ0n) is 22.6. The van der Waals surface area contributed by atoms with E-state index in [0.29, 0.717) is 17.9 Å². The maximum Gasteiger partial charge on any atom is 0.345 e. The van der Waals surface area contributed by atoms with E-state index >= 15 is 0 Å². The van der Waals surface area contributed by atoms with Crippen LogP contribution in [0.5, 0.6) is 11.5 Å². The Kier molecular flexibility index (Phi) is 11.7. The van der Waals surface area contributed by atoms with Crippen molar-refractivity contribution in [1.29, 1.82) is 0 Å². The van der Waals surface area contributed by atoms with Gasteiger partial charge in [-0.25, -0.2) is 4.79 Å². The van der Waals surface area contributed by atoms with Crippen LogP contribution < -0.4 is 9.47 Å². The van der Waals surface area contributed by atoms with Gasteiger partial charge >= 0.3 is 5.97 Å². The summed E-state index contributed by atoms with van der Waals surface area (Å²) in [5, 5.41) is 10.00. The van der Waals surface area contributed by atoms with Crippen molar-refractivity contribution in [1.82, 2.24) is 0 Å².